The average Bonchev–Trinajstić information content (AvgIpc) is 3.15. The van der Waals surface area contributed by atoms with Gasteiger partial charge in [0.15, 0.2) is 21.3 Å². The maximum absolute atomic E-state index is 13.3. The first-order chi connectivity index (χ1) is 13.7. The fourth-order valence-corrected chi connectivity index (χ4v) is 5.11. The molecule has 1 aliphatic rings. The van der Waals surface area contributed by atoms with E-state index in [4.69, 9.17) is 15.2 Å². The Morgan fingerprint density at radius 2 is 1.86 bits per heavy atom. The van der Waals surface area contributed by atoms with Crippen LogP contribution in [0.3, 0.4) is 0 Å². The van der Waals surface area contributed by atoms with Gasteiger partial charge in [-0.25, -0.2) is 8.42 Å². The van der Waals surface area contributed by atoms with Crippen molar-refractivity contribution in [3.8, 4) is 17.2 Å². The van der Waals surface area contributed by atoms with E-state index < -0.39 is 15.2 Å². The number of nitrogens with two attached hydrogens (primary N) is 1. The molecule has 0 bridgehead atoms. The Kier molecular flexibility index (Phi) is 6.24. The molecule has 0 spiro atoms. The van der Waals surface area contributed by atoms with Crippen LogP contribution in [0.15, 0.2) is 41.3 Å². The third kappa shape index (κ3) is 4.43. The van der Waals surface area contributed by atoms with Gasteiger partial charge in [-0.2, -0.15) is 0 Å². The van der Waals surface area contributed by atoms with Crippen molar-refractivity contribution in [1.29, 1.82) is 0 Å². The number of rotatable bonds is 8. The largest absolute Gasteiger partial charge is 0.505 e. The van der Waals surface area contributed by atoms with Crippen LogP contribution >= 0.6 is 0 Å². The van der Waals surface area contributed by atoms with Gasteiger partial charge in [-0.15, -0.1) is 0 Å². The standard InChI is InChI=1S/C21H28N2O5S/c1-13(2)21(23-17-6-4-5-15(20(17)24)9-14(3)11-22)29(25,26)16-7-8-18-19(10-16)28-12-27-18/h4-8,10,13-14,21,23-24H,9,11-12,22H2,1-3H3/t14-,21+/m1/s1. The fourth-order valence-electron chi connectivity index (χ4n) is 3.29. The van der Waals surface area contributed by atoms with Crippen molar-refractivity contribution in [3.63, 3.8) is 0 Å². The molecular weight excluding hydrogens is 392 g/mol. The van der Waals surface area contributed by atoms with Gasteiger partial charge in [0.05, 0.1) is 10.6 Å². The quantitative estimate of drug-likeness (QED) is 0.563. The summed E-state index contributed by atoms with van der Waals surface area (Å²) in [5.41, 5.74) is 6.81. The van der Waals surface area contributed by atoms with Crippen LogP contribution in [-0.4, -0.2) is 32.2 Å². The summed E-state index contributed by atoms with van der Waals surface area (Å²) in [7, 11) is -3.76. The van der Waals surface area contributed by atoms with Gasteiger partial charge in [0.1, 0.15) is 11.1 Å². The van der Waals surface area contributed by atoms with Crippen LogP contribution in [0.1, 0.15) is 26.3 Å². The minimum absolute atomic E-state index is 0.0549. The molecule has 2 aromatic carbocycles. The first kappa shape index (κ1) is 21.3. The molecule has 1 aliphatic heterocycles. The van der Waals surface area contributed by atoms with E-state index in [1.165, 1.54) is 12.1 Å². The number of phenols is 1. The molecule has 8 heteroatoms. The fraction of sp³-hybridized carbons (Fsp3) is 0.429. The average molecular weight is 421 g/mol. The Balaban J connectivity index is 1.92. The van der Waals surface area contributed by atoms with E-state index in [2.05, 4.69) is 5.32 Å². The normalized spacial score (nSPS) is 15.3. The van der Waals surface area contributed by atoms with Gasteiger partial charge in [-0.1, -0.05) is 32.9 Å². The highest BCUT2D eigenvalue weighted by atomic mass is 32.2. The zero-order valence-electron chi connectivity index (χ0n) is 16.9. The second kappa shape index (κ2) is 8.51. The molecule has 7 nitrogen and oxygen atoms in total. The molecule has 158 valence electrons. The predicted molar refractivity (Wildman–Crippen MR) is 112 cm³/mol. The summed E-state index contributed by atoms with van der Waals surface area (Å²) in [6.45, 7) is 6.22. The summed E-state index contributed by atoms with van der Waals surface area (Å²) in [6, 6.07) is 9.89. The van der Waals surface area contributed by atoms with E-state index in [0.29, 0.717) is 30.2 Å². The van der Waals surface area contributed by atoms with Gasteiger partial charge < -0.3 is 25.6 Å². The number of ether oxygens (including phenoxy) is 2. The highest BCUT2D eigenvalue weighted by Crippen LogP contribution is 2.37. The molecule has 2 atom stereocenters. The Morgan fingerprint density at radius 3 is 2.55 bits per heavy atom. The van der Waals surface area contributed by atoms with Crippen molar-refractivity contribution in [1.82, 2.24) is 0 Å². The minimum atomic E-state index is -3.76. The van der Waals surface area contributed by atoms with Crippen LogP contribution in [0.4, 0.5) is 5.69 Å². The van der Waals surface area contributed by atoms with E-state index >= 15 is 0 Å². The van der Waals surface area contributed by atoms with E-state index in [-0.39, 0.29) is 29.3 Å². The first-order valence-electron chi connectivity index (χ1n) is 9.65. The summed E-state index contributed by atoms with van der Waals surface area (Å²) in [5.74, 6) is 0.941. The highest BCUT2D eigenvalue weighted by molar-refractivity contribution is 7.92. The van der Waals surface area contributed by atoms with Crippen LogP contribution < -0.4 is 20.5 Å². The Bertz CT molecular complexity index is 975. The molecule has 0 saturated carbocycles. The molecule has 0 saturated heterocycles. The zero-order chi connectivity index (χ0) is 21.2. The molecule has 0 radical (unpaired) electrons. The molecule has 2 aromatic rings. The number of benzene rings is 2. The van der Waals surface area contributed by atoms with Crippen LogP contribution in [-0.2, 0) is 16.3 Å². The smallest absolute Gasteiger partial charge is 0.231 e. The van der Waals surface area contributed by atoms with Crippen molar-refractivity contribution in [2.24, 2.45) is 17.6 Å². The molecular formula is C21H28N2O5S. The van der Waals surface area contributed by atoms with Gasteiger partial charge in [0, 0.05) is 6.07 Å². The van der Waals surface area contributed by atoms with Gasteiger partial charge in [-0.3, -0.25) is 0 Å². The predicted octanol–water partition coefficient (Wildman–Crippen LogP) is 3.13. The molecule has 1 heterocycles. The maximum Gasteiger partial charge on any atom is 0.231 e. The monoisotopic (exact) mass is 420 g/mol. The van der Waals surface area contributed by atoms with Crippen LogP contribution in [0.5, 0.6) is 17.2 Å². The lowest BCUT2D eigenvalue weighted by atomic mass is 10.00. The molecule has 4 N–H and O–H groups in total. The second-order valence-corrected chi connectivity index (χ2v) is 9.80. The van der Waals surface area contributed by atoms with Gasteiger partial charge in [-0.05, 0) is 48.6 Å². The summed E-state index contributed by atoms with van der Waals surface area (Å²) in [6.07, 6.45) is 0.610. The third-order valence-corrected chi connectivity index (χ3v) is 7.24. The molecule has 0 amide bonds. The zero-order valence-corrected chi connectivity index (χ0v) is 17.7. The summed E-state index contributed by atoms with van der Waals surface area (Å²) < 4.78 is 37.3. The maximum atomic E-state index is 13.3. The lowest BCUT2D eigenvalue weighted by Gasteiger charge is -2.25. The van der Waals surface area contributed by atoms with Crippen molar-refractivity contribution in [2.45, 2.75) is 37.5 Å². The highest BCUT2D eigenvalue weighted by Gasteiger charge is 2.32. The summed E-state index contributed by atoms with van der Waals surface area (Å²) >= 11 is 0. The number of anilines is 1. The van der Waals surface area contributed by atoms with Crippen LogP contribution in [0.2, 0.25) is 0 Å². The lowest BCUT2D eigenvalue weighted by molar-refractivity contribution is 0.174. The van der Waals surface area contributed by atoms with Crippen molar-refractivity contribution in [2.75, 3.05) is 18.7 Å². The molecule has 3 rings (SSSR count). The van der Waals surface area contributed by atoms with E-state index in [9.17, 15) is 13.5 Å². The molecule has 0 aliphatic carbocycles. The van der Waals surface area contributed by atoms with E-state index in [1.54, 1.807) is 18.2 Å². The van der Waals surface area contributed by atoms with E-state index in [1.807, 2.05) is 26.8 Å². The minimum Gasteiger partial charge on any atom is -0.505 e. The second-order valence-electron chi connectivity index (χ2n) is 7.73. The number of nitrogens with one attached hydrogen (secondary N) is 1. The number of hydrogen-bond donors (Lipinski definition) is 3. The summed E-state index contributed by atoms with van der Waals surface area (Å²) in [5, 5.41) is 12.8. The lowest BCUT2D eigenvalue weighted by Crippen LogP contribution is -2.34. The Morgan fingerprint density at radius 1 is 1.14 bits per heavy atom. The Labute approximate surface area is 171 Å². The van der Waals surface area contributed by atoms with Crippen LogP contribution in [0.25, 0.3) is 0 Å². The molecule has 0 aromatic heterocycles. The Hall–Kier alpha value is -2.45. The number of aromatic hydroxyl groups is 1. The van der Waals surface area contributed by atoms with Gasteiger partial charge in [0.2, 0.25) is 6.79 Å². The van der Waals surface area contributed by atoms with Crippen molar-refractivity contribution < 1.29 is 23.0 Å². The van der Waals surface area contributed by atoms with Gasteiger partial charge in [0.25, 0.3) is 0 Å². The number of fused-ring (bicyclic) bond motifs is 1. The van der Waals surface area contributed by atoms with Crippen LogP contribution in [0, 0.1) is 11.8 Å². The number of sulfone groups is 1. The number of hydrogen-bond acceptors (Lipinski definition) is 7. The van der Waals surface area contributed by atoms with Crippen molar-refractivity contribution in [3.05, 3.63) is 42.0 Å². The SMILES string of the molecule is CC(C)[C@@H](Nc1cccc(C[C@@H](C)CN)c1O)S(=O)(=O)c1ccc2c(c1)OCO2. The third-order valence-electron chi connectivity index (χ3n) is 5.00. The van der Waals surface area contributed by atoms with Crippen molar-refractivity contribution >= 4 is 15.5 Å². The van der Waals surface area contributed by atoms with Gasteiger partial charge >= 0.3 is 0 Å². The first-order valence-corrected chi connectivity index (χ1v) is 11.2. The topological polar surface area (TPSA) is 111 Å². The number of para-hydroxylation sites is 1. The summed E-state index contributed by atoms with van der Waals surface area (Å²) in [4.78, 5) is 0.139. The molecule has 0 fully saturated rings. The number of phenolic OH excluding ortho intramolecular Hbond substituents is 1. The molecule has 29 heavy (non-hydrogen) atoms. The van der Waals surface area contributed by atoms with E-state index in [0.717, 1.165) is 5.56 Å². The molecule has 0 unspecified atom stereocenters.